The number of nitrogens with two attached hydrogens (primary N) is 1. The van der Waals surface area contributed by atoms with E-state index in [0.29, 0.717) is 0 Å². The second kappa shape index (κ2) is 21.0. The average Bonchev–Trinajstić information content (AvgIpc) is 3.08. The van der Waals surface area contributed by atoms with E-state index in [-0.39, 0.29) is 49.6 Å². The van der Waals surface area contributed by atoms with Gasteiger partial charge in [-0.25, -0.2) is 0 Å². The van der Waals surface area contributed by atoms with Crippen LogP contribution in [-0.2, 0) is 0 Å². The lowest BCUT2D eigenvalue weighted by Crippen LogP contribution is -2.25. The molecule has 1 fully saturated rings. The number of hydrogen-bond donors (Lipinski definition) is 4. The van der Waals surface area contributed by atoms with Crippen LogP contribution >= 0.6 is 49.6 Å². The molecule has 0 unspecified atom stereocenters. The van der Waals surface area contributed by atoms with Crippen molar-refractivity contribution < 1.29 is 0 Å². The number of hydrogen-bond acceptors (Lipinski definition) is 4. The SMILES string of the molecule is CCNCCCNC[C@H]1C[C@H]1CNCCCN.Cl.Cl.Cl.Cl. The molecule has 1 rings (SSSR count). The molecule has 0 spiro atoms. The maximum absolute atomic E-state index is 5.45. The Kier molecular flexibility index (Phi) is 29.9. The first-order valence-electron chi connectivity index (χ1n) is 7.20. The normalized spacial score (nSPS) is 18.6. The summed E-state index contributed by atoms with van der Waals surface area (Å²) in [6.45, 7) is 9.79. The zero-order valence-electron chi connectivity index (χ0n) is 12.9. The minimum absolute atomic E-state index is 0. The molecule has 0 amide bonds. The van der Waals surface area contributed by atoms with Crippen molar-refractivity contribution in [3.63, 3.8) is 0 Å². The minimum atomic E-state index is 0. The summed E-state index contributed by atoms with van der Waals surface area (Å²) >= 11 is 0. The molecule has 134 valence electrons. The van der Waals surface area contributed by atoms with Crippen molar-refractivity contribution in [2.24, 2.45) is 17.6 Å². The van der Waals surface area contributed by atoms with Crippen LogP contribution in [0.3, 0.4) is 0 Å². The number of nitrogens with one attached hydrogen (secondary N) is 3. The lowest BCUT2D eigenvalue weighted by Gasteiger charge is -2.05. The summed E-state index contributed by atoms with van der Waals surface area (Å²) in [7, 11) is 0. The first-order chi connectivity index (χ1) is 8.38. The van der Waals surface area contributed by atoms with E-state index in [9.17, 15) is 0 Å². The third kappa shape index (κ3) is 17.2. The summed E-state index contributed by atoms with van der Waals surface area (Å²) in [5, 5.41) is 10.4. The standard InChI is InChI=1S/C13H30N4.4ClH/c1-2-15-7-4-8-17-11-13-9-12(13)10-16-6-3-5-14;;;;/h12-13,15-17H,2-11,14H2,1H3;4*1H/t12-,13+;;;;/m0..../s1. The molecule has 5 N–H and O–H groups in total. The third-order valence-electron chi connectivity index (χ3n) is 3.40. The Morgan fingerprint density at radius 1 is 0.810 bits per heavy atom. The van der Waals surface area contributed by atoms with Crippen LogP contribution in [0.4, 0.5) is 0 Å². The van der Waals surface area contributed by atoms with E-state index in [1.54, 1.807) is 0 Å². The molecule has 8 heteroatoms. The second-order valence-corrected chi connectivity index (χ2v) is 5.01. The van der Waals surface area contributed by atoms with E-state index in [2.05, 4.69) is 22.9 Å². The van der Waals surface area contributed by atoms with Gasteiger partial charge < -0.3 is 21.7 Å². The largest absolute Gasteiger partial charge is 0.330 e. The highest BCUT2D eigenvalue weighted by Gasteiger charge is 2.35. The summed E-state index contributed by atoms with van der Waals surface area (Å²) in [5.74, 6) is 1.83. The Balaban J connectivity index is -0.000000361. The van der Waals surface area contributed by atoms with Crippen LogP contribution in [0.5, 0.6) is 0 Å². The van der Waals surface area contributed by atoms with Gasteiger partial charge >= 0.3 is 0 Å². The van der Waals surface area contributed by atoms with Crippen LogP contribution in [0.15, 0.2) is 0 Å². The molecule has 0 aliphatic heterocycles. The Hall–Kier alpha value is 1.00. The molecule has 0 aromatic carbocycles. The zero-order valence-corrected chi connectivity index (χ0v) is 16.2. The fourth-order valence-corrected chi connectivity index (χ4v) is 2.13. The van der Waals surface area contributed by atoms with E-state index >= 15 is 0 Å². The van der Waals surface area contributed by atoms with Crippen molar-refractivity contribution in [2.75, 3.05) is 45.8 Å². The fraction of sp³-hybridized carbons (Fsp3) is 1.00. The molecule has 4 nitrogen and oxygen atoms in total. The molecule has 1 aliphatic rings. The van der Waals surface area contributed by atoms with E-state index in [4.69, 9.17) is 5.73 Å². The predicted octanol–water partition coefficient (Wildman–Crippen LogP) is 1.84. The average molecular weight is 388 g/mol. The highest BCUT2D eigenvalue weighted by Crippen LogP contribution is 2.36. The number of rotatable bonds is 12. The summed E-state index contributed by atoms with van der Waals surface area (Å²) in [6, 6.07) is 0. The van der Waals surface area contributed by atoms with Gasteiger partial charge in [0, 0.05) is 0 Å². The van der Waals surface area contributed by atoms with E-state index in [0.717, 1.165) is 51.0 Å². The van der Waals surface area contributed by atoms with Crippen LogP contribution in [0, 0.1) is 11.8 Å². The van der Waals surface area contributed by atoms with Crippen molar-refractivity contribution in [1.29, 1.82) is 0 Å². The summed E-state index contributed by atoms with van der Waals surface area (Å²) in [6.07, 6.45) is 3.73. The first kappa shape index (κ1) is 29.9. The highest BCUT2D eigenvalue weighted by molar-refractivity contribution is 5.86. The first-order valence-corrected chi connectivity index (χ1v) is 7.20. The van der Waals surface area contributed by atoms with Crippen LogP contribution in [0.25, 0.3) is 0 Å². The van der Waals surface area contributed by atoms with Gasteiger partial charge in [0.1, 0.15) is 0 Å². The Morgan fingerprint density at radius 3 is 1.76 bits per heavy atom. The topological polar surface area (TPSA) is 62.1 Å². The highest BCUT2D eigenvalue weighted by atomic mass is 35.5. The summed E-state index contributed by atoms with van der Waals surface area (Å²) in [5.41, 5.74) is 5.45. The van der Waals surface area contributed by atoms with Crippen LogP contribution < -0.4 is 21.7 Å². The monoisotopic (exact) mass is 386 g/mol. The van der Waals surface area contributed by atoms with Gasteiger partial charge in [-0.05, 0) is 76.9 Å². The Labute approximate surface area is 155 Å². The van der Waals surface area contributed by atoms with Gasteiger partial charge in [-0.1, -0.05) is 6.92 Å². The van der Waals surface area contributed by atoms with E-state index in [1.165, 1.54) is 25.9 Å². The molecule has 0 radical (unpaired) electrons. The molecule has 21 heavy (non-hydrogen) atoms. The second-order valence-electron chi connectivity index (χ2n) is 5.01. The molecule has 0 heterocycles. The summed E-state index contributed by atoms with van der Waals surface area (Å²) < 4.78 is 0. The molecule has 0 saturated heterocycles. The van der Waals surface area contributed by atoms with Crippen LogP contribution in [-0.4, -0.2) is 45.8 Å². The van der Waals surface area contributed by atoms with Crippen molar-refractivity contribution in [3.8, 4) is 0 Å². The minimum Gasteiger partial charge on any atom is -0.330 e. The third-order valence-corrected chi connectivity index (χ3v) is 3.40. The molecule has 0 aromatic heterocycles. The molecule has 1 saturated carbocycles. The zero-order chi connectivity index (χ0) is 12.3. The smallest absolute Gasteiger partial charge is 0.00173 e. The van der Waals surface area contributed by atoms with Crippen LogP contribution in [0.2, 0.25) is 0 Å². The van der Waals surface area contributed by atoms with Gasteiger partial charge in [-0.15, -0.1) is 49.6 Å². The van der Waals surface area contributed by atoms with Crippen molar-refractivity contribution in [3.05, 3.63) is 0 Å². The van der Waals surface area contributed by atoms with Gasteiger partial charge in [0.2, 0.25) is 0 Å². The molecular weight excluding hydrogens is 354 g/mol. The lowest BCUT2D eigenvalue weighted by atomic mass is 10.3. The van der Waals surface area contributed by atoms with Crippen molar-refractivity contribution in [2.45, 2.75) is 26.2 Å². The Morgan fingerprint density at radius 2 is 1.29 bits per heavy atom. The van der Waals surface area contributed by atoms with Gasteiger partial charge in [-0.2, -0.15) is 0 Å². The van der Waals surface area contributed by atoms with Gasteiger partial charge in [0.15, 0.2) is 0 Å². The summed E-state index contributed by atoms with van der Waals surface area (Å²) in [4.78, 5) is 0. The van der Waals surface area contributed by atoms with Gasteiger partial charge in [0.05, 0.1) is 0 Å². The van der Waals surface area contributed by atoms with E-state index < -0.39 is 0 Å². The van der Waals surface area contributed by atoms with Crippen molar-refractivity contribution in [1.82, 2.24) is 16.0 Å². The maximum Gasteiger partial charge on any atom is -0.00173 e. The molecule has 0 aromatic rings. The van der Waals surface area contributed by atoms with Gasteiger partial charge in [-0.3, -0.25) is 0 Å². The van der Waals surface area contributed by atoms with E-state index in [1.807, 2.05) is 0 Å². The fourth-order valence-electron chi connectivity index (χ4n) is 2.13. The quantitative estimate of drug-likeness (QED) is 0.386. The van der Waals surface area contributed by atoms with Crippen LogP contribution in [0.1, 0.15) is 26.2 Å². The number of halogens is 4. The molecular formula is C13H34Cl4N4. The van der Waals surface area contributed by atoms with Crippen molar-refractivity contribution >= 4 is 49.6 Å². The Bertz CT molecular complexity index is 190. The van der Waals surface area contributed by atoms with Gasteiger partial charge in [0.25, 0.3) is 0 Å². The molecule has 0 bridgehead atoms. The maximum atomic E-state index is 5.45. The lowest BCUT2D eigenvalue weighted by molar-refractivity contribution is 0.543. The molecule has 2 atom stereocenters. The molecule has 1 aliphatic carbocycles. The predicted molar refractivity (Wildman–Crippen MR) is 103 cm³/mol.